The number of amides is 1. The smallest absolute Gasteiger partial charge is 0.270 e. The Hall–Kier alpha value is -1.91. The molecular formula is C11H12N2O3. The van der Waals surface area contributed by atoms with E-state index in [9.17, 15) is 14.9 Å². The van der Waals surface area contributed by atoms with Gasteiger partial charge in [-0.1, -0.05) is 0 Å². The zero-order valence-corrected chi connectivity index (χ0v) is 8.90. The topological polar surface area (TPSA) is 72.2 Å². The lowest BCUT2D eigenvalue weighted by Crippen LogP contribution is -2.18. The molecule has 0 aromatic heterocycles. The Kier molecular flexibility index (Phi) is 2.60. The quantitative estimate of drug-likeness (QED) is 0.624. The first-order valence-corrected chi connectivity index (χ1v) is 5.13. The summed E-state index contributed by atoms with van der Waals surface area (Å²) in [6.07, 6.45) is 2.10. The Bertz CT molecular complexity index is 453. The highest BCUT2D eigenvalue weighted by atomic mass is 16.6. The maximum atomic E-state index is 11.4. The fourth-order valence-corrected chi connectivity index (χ4v) is 1.67. The van der Waals surface area contributed by atoms with Gasteiger partial charge in [0.15, 0.2) is 0 Å². The first kappa shape index (κ1) is 10.6. The molecule has 0 radical (unpaired) electrons. The third-order valence-corrected chi connectivity index (χ3v) is 2.69. The van der Waals surface area contributed by atoms with E-state index in [1.807, 2.05) is 0 Å². The van der Waals surface area contributed by atoms with Gasteiger partial charge < -0.3 is 5.32 Å². The molecule has 1 aromatic rings. The predicted molar refractivity (Wildman–Crippen MR) is 58.5 cm³/mol. The molecule has 16 heavy (non-hydrogen) atoms. The molecule has 5 heteroatoms. The van der Waals surface area contributed by atoms with Crippen LogP contribution < -0.4 is 5.32 Å². The third-order valence-electron chi connectivity index (χ3n) is 2.69. The Morgan fingerprint density at radius 3 is 2.62 bits per heavy atom. The van der Waals surface area contributed by atoms with Crippen LogP contribution in [-0.4, -0.2) is 17.9 Å². The van der Waals surface area contributed by atoms with Crippen molar-refractivity contribution in [3.05, 3.63) is 39.4 Å². The van der Waals surface area contributed by atoms with Crippen molar-refractivity contribution in [3.8, 4) is 0 Å². The van der Waals surface area contributed by atoms with Crippen molar-refractivity contribution >= 4 is 11.6 Å². The van der Waals surface area contributed by atoms with Gasteiger partial charge in [-0.3, -0.25) is 14.9 Å². The number of carbonyl (C=O) groups is 1. The summed E-state index contributed by atoms with van der Waals surface area (Å²) in [6, 6.07) is 4.61. The van der Waals surface area contributed by atoms with Crippen molar-refractivity contribution in [3.63, 3.8) is 0 Å². The van der Waals surface area contributed by atoms with Crippen molar-refractivity contribution < 1.29 is 9.72 Å². The molecule has 0 saturated heterocycles. The van der Waals surface area contributed by atoms with E-state index in [0.29, 0.717) is 11.5 Å². The summed E-state index contributed by atoms with van der Waals surface area (Å²) in [5.41, 5.74) is 1.24. The maximum Gasteiger partial charge on any atom is 0.270 e. The molecular weight excluding hydrogens is 208 g/mol. The minimum atomic E-state index is -0.460. The van der Waals surface area contributed by atoms with E-state index in [2.05, 4.69) is 5.32 Å². The molecule has 1 aromatic carbocycles. The van der Waals surface area contributed by atoms with Crippen LogP contribution in [0, 0.1) is 10.1 Å². The molecule has 1 amide bonds. The van der Waals surface area contributed by atoms with Crippen molar-refractivity contribution in [1.82, 2.24) is 5.32 Å². The van der Waals surface area contributed by atoms with Crippen LogP contribution in [0.5, 0.6) is 0 Å². The highest BCUT2D eigenvalue weighted by Gasteiger charge is 2.26. The number of nitrogens with zero attached hydrogens (tertiary/aromatic N) is 1. The average Bonchev–Trinajstić information content (AvgIpc) is 3.11. The van der Waals surface area contributed by atoms with Gasteiger partial charge in [-0.25, -0.2) is 0 Å². The molecule has 0 aliphatic heterocycles. The first-order valence-electron chi connectivity index (χ1n) is 5.13. The normalized spacial score (nSPS) is 14.6. The lowest BCUT2D eigenvalue weighted by atomic mass is 10.1. The third kappa shape index (κ3) is 2.03. The van der Waals surface area contributed by atoms with Crippen LogP contribution in [0.1, 0.15) is 34.7 Å². The summed E-state index contributed by atoms with van der Waals surface area (Å²) in [6.45, 7) is 0. The Labute approximate surface area is 92.6 Å². The number of hydrogen-bond donors (Lipinski definition) is 1. The van der Waals surface area contributed by atoms with E-state index in [0.717, 1.165) is 18.4 Å². The lowest BCUT2D eigenvalue weighted by molar-refractivity contribution is -0.384. The molecule has 1 aliphatic rings. The van der Waals surface area contributed by atoms with Gasteiger partial charge in [0.1, 0.15) is 0 Å². The van der Waals surface area contributed by atoms with Gasteiger partial charge in [-0.05, 0) is 30.4 Å². The van der Waals surface area contributed by atoms with Gasteiger partial charge in [-0.15, -0.1) is 0 Å². The second-order valence-corrected chi connectivity index (χ2v) is 3.92. The highest BCUT2D eigenvalue weighted by molar-refractivity contribution is 5.94. The number of carbonyl (C=O) groups excluding carboxylic acids is 1. The molecule has 5 nitrogen and oxygen atoms in total. The SMILES string of the molecule is CNC(=O)c1cc(C2CC2)cc([N+](=O)[O-])c1. The average molecular weight is 220 g/mol. The monoisotopic (exact) mass is 220 g/mol. The van der Waals surface area contributed by atoms with Gasteiger partial charge in [-0.2, -0.15) is 0 Å². The summed E-state index contributed by atoms with van der Waals surface area (Å²) in [7, 11) is 1.51. The van der Waals surface area contributed by atoms with E-state index in [-0.39, 0.29) is 11.6 Å². The number of rotatable bonds is 3. The summed E-state index contributed by atoms with van der Waals surface area (Å²) < 4.78 is 0. The van der Waals surface area contributed by atoms with Crippen LogP contribution >= 0.6 is 0 Å². The number of benzene rings is 1. The van der Waals surface area contributed by atoms with E-state index in [4.69, 9.17) is 0 Å². The minimum absolute atomic E-state index is 0.0111. The van der Waals surface area contributed by atoms with Crippen LogP contribution in [0.15, 0.2) is 18.2 Å². The number of nitro benzene ring substituents is 1. The van der Waals surface area contributed by atoms with Crippen LogP contribution in [-0.2, 0) is 0 Å². The minimum Gasteiger partial charge on any atom is -0.355 e. The number of nitrogens with one attached hydrogen (secondary N) is 1. The van der Waals surface area contributed by atoms with Crippen LogP contribution in [0.25, 0.3) is 0 Å². The summed E-state index contributed by atoms with van der Waals surface area (Å²) in [4.78, 5) is 21.7. The molecule has 1 saturated carbocycles. The first-order chi connectivity index (χ1) is 7.61. The van der Waals surface area contributed by atoms with Gasteiger partial charge in [0.05, 0.1) is 4.92 Å². The lowest BCUT2D eigenvalue weighted by Gasteiger charge is -2.03. The number of nitro groups is 1. The van der Waals surface area contributed by atoms with Crippen molar-refractivity contribution in [2.45, 2.75) is 18.8 Å². The molecule has 0 spiro atoms. The zero-order valence-electron chi connectivity index (χ0n) is 8.90. The standard InChI is InChI=1S/C11H12N2O3/c1-12-11(14)9-4-8(7-2-3-7)5-10(6-9)13(15)16/h4-7H,2-3H2,1H3,(H,12,14). The largest absolute Gasteiger partial charge is 0.355 e. The van der Waals surface area contributed by atoms with Gasteiger partial charge >= 0.3 is 0 Å². The summed E-state index contributed by atoms with van der Waals surface area (Å²) in [5.74, 6) is 0.105. The highest BCUT2D eigenvalue weighted by Crippen LogP contribution is 2.41. The van der Waals surface area contributed by atoms with E-state index < -0.39 is 4.92 Å². The molecule has 84 valence electrons. The van der Waals surface area contributed by atoms with Crippen molar-refractivity contribution in [2.75, 3.05) is 7.05 Å². The molecule has 1 N–H and O–H groups in total. The van der Waals surface area contributed by atoms with Gasteiger partial charge in [0, 0.05) is 24.7 Å². The number of hydrogen-bond acceptors (Lipinski definition) is 3. The molecule has 1 fully saturated rings. The molecule has 2 rings (SSSR count). The zero-order chi connectivity index (χ0) is 11.7. The number of non-ortho nitro benzene ring substituents is 1. The van der Waals surface area contributed by atoms with Gasteiger partial charge in [0.2, 0.25) is 0 Å². The molecule has 1 aliphatic carbocycles. The molecule has 0 bridgehead atoms. The van der Waals surface area contributed by atoms with Crippen molar-refractivity contribution in [1.29, 1.82) is 0 Å². The fourth-order valence-electron chi connectivity index (χ4n) is 1.67. The molecule has 0 atom stereocenters. The summed E-state index contributed by atoms with van der Waals surface area (Å²) in [5, 5.41) is 13.2. The predicted octanol–water partition coefficient (Wildman–Crippen LogP) is 1.83. The summed E-state index contributed by atoms with van der Waals surface area (Å²) >= 11 is 0. The molecule has 0 heterocycles. The Balaban J connectivity index is 2.44. The van der Waals surface area contributed by atoms with Crippen LogP contribution in [0.3, 0.4) is 0 Å². The second kappa shape index (κ2) is 3.92. The van der Waals surface area contributed by atoms with Crippen LogP contribution in [0.2, 0.25) is 0 Å². The maximum absolute atomic E-state index is 11.4. The van der Waals surface area contributed by atoms with Gasteiger partial charge in [0.25, 0.3) is 11.6 Å². The Morgan fingerprint density at radius 2 is 2.12 bits per heavy atom. The van der Waals surface area contributed by atoms with E-state index in [1.54, 1.807) is 12.1 Å². The van der Waals surface area contributed by atoms with E-state index >= 15 is 0 Å². The van der Waals surface area contributed by atoms with Crippen LogP contribution in [0.4, 0.5) is 5.69 Å². The molecule has 0 unspecified atom stereocenters. The van der Waals surface area contributed by atoms with E-state index in [1.165, 1.54) is 13.1 Å². The Morgan fingerprint density at radius 1 is 1.44 bits per heavy atom. The van der Waals surface area contributed by atoms with Crippen molar-refractivity contribution in [2.24, 2.45) is 0 Å². The fraction of sp³-hybridized carbons (Fsp3) is 0.364. The second-order valence-electron chi connectivity index (χ2n) is 3.92.